The summed E-state index contributed by atoms with van der Waals surface area (Å²) < 4.78 is 10.3. The molecule has 0 atom stereocenters. The number of anilines is 1. The summed E-state index contributed by atoms with van der Waals surface area (Å²) in [4.78, 5) is 37.4. The van der Waals surface area contributed by atoms with E-state index in [1.165, 1.54) is 32.4 Å². The highest BCUT2D eigenvalue weighted by Crippen LogP contribution is 2.40. The number of ether oxygens (including phenoxy) is 2. The zero-order valence-corrected chi connectivity index (χ0v) is 13.3. The topological polar surface area (TPSA) is 113 Å². The number of methoxy groups -OCH3 is 2. The Balaban J connectivity index is 2.15. The number of phenols is 1. The molecule has 0 saturated carbocycles. The summed E-state index contributed by atoms with van der Waals surface area (Å²) in [6.45, 7) is 0. The first-order chi connectivity index (χ1) is 11.9. The average molecular weight is 343 g/mol. The number of benzene rings is 2. The summed E-state index contributed by atoms with van der Waals surface area (Å²) >= 11 is 0. The standard InChI is InChI=1S/C17H13NO7/c1-24-12-6-4-9-13(14(12)25-2)16(21)18(15(9)20)8-3-5-11(19)10(7-8)17(22)23/h3-7,19H,1-2H3,(H,22,23). The lowest BCUT2D eigenvalue weighted by molar-refractivity contribution is 0.0692. The molecule has 1 aliphatic rings. The fourth-order valence-corrected chi connectivity index (χ4v) is 2.71. The van der Waals surface area contributed by atoms with Crippen LogP contribution in [0.4, 0.5) is 5.69 Å². The monoisotopic (exact) mass is 343 g/mol. The highest BCUT2D eigenvalue weighted by Gasteiger charge is 2.40. The summed E-state index contributed by atoms with van der Waals surface area (Å²) in [5, 5.41) is 18.7. The van der Waals surface area contributed by atoms with E-state index in [0.717, 1.165) is 17.0 Å². The van der Waals surface area contributed by atoms with Crippen LogP contribution in [0.15, 0.2) is 30.3 Å². The van der Waals surface area contributed by atoms with Crippen LogP contribution in [0.1, 0.15) is 31.1 Å². The molecule has 128 valence electrons. The van der Waals surface area contributed by atoms with Crippen molar-refractivity contribution in [3.63, 3.8) is 0 Å². The van der Waals surface area contributed by atoms with Crippen LogP contribution in [-0.4, -0.2) is 42.2 Å². The number of imide groups is 1. The molecule has 2 amide bonds. The maximum Gasteiger partial charge on any atom is 0.339 e. The second kappa shape index (κ2) is 5.82. The molecule has 3 rings (SSSR count). The molecule has 0 radical (unpaired) electrons. The lowest BCUT2D eigenvalue weighted by atomic mass is 10.1. The number of carboxylic acids is 1. The van der Waals surface area contributed by atoms with Gasteiger partial charge in [0.2, 0.25) is 0 Å². The first-order valence-corrected chi connectivity index (χ1v) is 7.10. The summed E-state index contributed by atoms with van der Waals surface area (Å²) in [6.07, 6.45) is 0. The largest absolute Gasteiger partial charge is 0.507 e. The van der Waals surface area contributed by atoms with Gasteiger partial charge in [-0.1, -0.05) is 0 Å². The van der Waals surface area contributed by atoms with Gasteiger partial charge in [0.05, 0.1) is 31.0 Å². The van der Waals surface area contributed by atoms with Crippen LogP contribution >= 0.6 is 0 Å². The normalized spacial score (nSPS) is 13.0. The Hall–Kier alpha value is -3.55. The number of carbonyl (C=O) groups excluding carboxylic acids is 2. The third-order valence-electron chi connectivity index (χ3n) is 3.86. The van der Waals surface area contributed by atoms with Gasteiger partial charge in [0.25, 0.3) is 11.8 Å². The van der Waals surface area contributed by atoms with Gasteiger partial charge in [-0.15, -0.1) is 0 Å². The summed E-state index contributed by atoms with van der Waals surface area (Å²) in [5.41, 5.74) is -0.231. The van der Waals surface area contributed by atoms with Crippen LogP contribution in [0.2, 0.25) is 0 Å². The summed E-state index contributed by atoms with van der Waals surface area (Å²) in [7, 11) is 2.75. The van der Waals surface area contributed by atoms with E-state index in [2.05, 4.69) is 0 Å². The Morgan fingerprint density at radius 1 is 1.04 bits per heavy atom. The lowest BCUT2D eigenvalue weighted by Gasteiger charge is -2.15. The van der Waals surface area contributed by atoms with Gasteiger partial charge in [0, 0.05) is 0 Å². The van der Waals surface area contributed by atoms with E-state index >= 15 is 0 Å². The van der Waals surface area contributed by atoms with Crippen molar-refractivity contribution in [1.29, 1.82) is 0 Å². The number of aromatic carboxylic acids is 1. The minimum atomic E-state index is -1.38. The van der Waals surface area contributed by atoms with E-state index in [1.807, 2.05) is 0 Å². The van der Waals surface area contributed by atoms with Crippen molar-refractivity contribution in [2.45, 2.75) is 0 Å². The highest BCUT2D eigenvalue weighted by atomic mass is 16.5. The van der Waals surface area contributed by atoms with Gasteiger partial charge in [-0.25, -0.2) is 9.69 Å². The Labute approximate surface area is 141 Å². The van der Waals surface area contributed by atoms with Gasteiger partial charge in [-0.2, -0.15) is 0 Å². The number of nitrogens with zero attached hydrogens (tertiary/aromatic N) is 1. The zero-order valence-electron chi connectivity index (χ0n) is 13.3. The predicted octanol–water partition coefficient (Wildman–Crippen LogP) is 1.91. The SMILES string of the molecule is COc1ccc2c(c1OC)C(=O)N(c1ccc(O)c(C(=O)O)c1)C2=O. The quantitative estimate of drug-likeness (QED) is 0.815. The van der Waals surface area contributed by atoms with Crippen LogP contribution < -0.4 is 14.4 Å². The highest BCUT2D eigenvalue weighted by molar-refractivity contribution is 6.35. The minimum absolute atomic E-state index is 0.0300. The third-order valence-corrected chi connectivity index (χ3v) is 3.86. The minimum Gasteiger partial charge on any atom is -0.507 e. The van der Waals surface area contributed by atoms with Crippen LogP contribution in [0, 0.1) is 0 Å². The van der Waals surface area contributed by atoms with Gasteiger partial charge in [0.1, 0.15) is 11.3 Å². The number of amides is 2. The Kier molecular flexibility index (Phi) is 3.80. The molecule has 2 aromatic rings. The van der Waals surface area contributed by atoms with Crippen molar-refractivity contribution in [2.75, 3.05) is 19.1 Å². The number of aromatic hydroxyl groups is 1. The molecule has 2 N–H and O–H groups in total. The molecule has 8 heteroatoms. The van der Waals surface area contributed by atoms with E-state index in [9.17, 15) is 19.5 Å². The number of hydrogen-bond acceptors (Lipinski definition) is 6. The van der Waals surface area contributed by atoms with Crippen molar-refractivity contribution in [3.05, 3.63) is 47.0 Å². The van der Waals surface area contributed by atoms with E-state index in [-0.39, 0.29) is 22.6 Å². The lowest BCUT2D eigenvalue weighted by Crippen LogP contribution is -2.29. The molecule has 0 fully saturated rings. The maximum absolute atomic E-state index is 12.8. The Morgan fingerprint density at radius 2 is 1.76 bits per heavy atom. The smallest absolute Gasteiger partial charge is 0.339 e. The van der Waals surface area contributed by atoms with Gasteiger partial charge in [-0.05, 0) is 30.3 Å². The van der Waals surface area contributed by atoms with Crippen molar-refractivity contribution < 1.29 is 34.1 Å². The van der Waals surface area contributed by atoms with E-state index in [4.69, 9.17) is 14.6 Å². The number of hydrogen-bond donors (Lipinski definition) is 2. The van der Waals surface area contributed by atoms with Crippen molar-refractivity contribution >= 4 is 23.5 Å². The molecule has 2 aromatic carbocycles. The van der Waals surface area contributed by atoms with Crippen molar-refractivity contribution in [2.24, 2.45) is 0 Å². The Bertz CT molecular complexity index is 919. The van der Waals surface area contributed by atoms with E-state index < -0.39 is 29.1 Å². The van der Waals surface area contributed by atoms with Gasteiger partial charge in [-0.3, -0.25) is 9.59 Å². The van der Waals surface area contributed by atoms with Crippen LogP contribution in [0.5, 0.6) is 17.2 Å². The first-order valence-electron chi connectivity index (χ1n) is 7.10. The van der Waals surface area contributed by atoms with E-state index in [0.29, 0.717) is 5.75 Å². The molecule has 1 aliphatic heterocycles. The molecule has 0 aromatic heterocycles. The molecule has 0 aliphatic carbocycles. The molecule has 0 unspecified atom stereocenters. The first kappa shape index (κ1) is 16.3. The van der Waals surface area contributed by atoms with Gasteiger partial charge in [0.15, 0.2) is 11.5 Å². The molecule has 1 heterocycles. The second-order valence-electron chi connectivity index (χ2n) is 5.18. The van der Waals surface area contributed by atoms with Gasteiger partial charge >= 0.3 is 5.97 Å². The van der Waals surface area contributed by atoms with Crippen LogP contribution in [-0.2, 0) is 0 Å². The Morgan fingerprint density at radius 3 is 2.36 bits per heavy atom. The van der Waals surface area contributed by atoms with Crippen LogP contribution in [0.3, 0.4) is 0 Å². The number of carbonyl (C=O) groups is 3. The van der Waals surface area contributed by atoms with Crippen LogP contribution in [0.25, 0.3) is 0 Å². The van der Waals surface area contributed by atoms with Gasteiger partial charge < -0.3 is 19.7 Å². The molecular formula is C17H13NO7. The number of rotatable bonds is 4. The molecule has 0 spiro atoms. The molecular weight excluding hydrogens is 330 g/mol. The number of carboxylic acid groups (broad SMARTS) is 1. The zero-order chi connectivity index (χ0) is 18.3. The van der Waals surface area contributed by atoms with Crippen molar-refractivity contribution in [1.82, 2.24) is 0 Å². The average Bonchev–Trinajstić information content (AvgIpc) is 2.85. The molecule has 8 nitrogen and oxygen atoms in total. The molecule has 25 heavy (non-hydrogen) atoms. The maximum atomic E-state index is 12.8. The fourth-order valence-electron chi connectivity index (χ4n) is 2.71. The molecule has 0 saturated heterocycles. The summed E-state index contributed by atoms with van der Waals surface area (Å²) in [5.74, 6) is -2.72. The predicted molar refractivity (Wildman–Crippen MR) is 85.8 cm³/mol. The molecule has 0 bridgehead atoms. The van der Waals surface area contributed by atoms with Crippen molar-refractivity contribution in [3.8, 4) is 17.2 Å². The number of fused-ring (bicyclic) bond motifs is 1. The second-order valence-corrected chi connectivity index (χ2v) is 5.18. The summed E-state index contributed by atoms with van der Waals surface area (Å²) in [6, 6.07) is 6.40. The fraction of sp³-hybridized carbons (Fsp3) is 0.118. The third kappa shape index (κ3) is 2.35. The van der Waals surface area contributed by atoms with E-state index in [1.54, 1.807) is 0 Å².